The average molecular weight is 369 g/mol. The summed E-state index contributed by atoms with van der Waals surface area (Å²) >= 11 is 0. The van der Waals surface area contributed by atoms with Gasteiger partial charge in [0.25, 0.3) is 0 Å². The van der Waals surface area contributed by atoms with E-state index in [1.54, 1.807) is 6.92 Å². The van der Waals surface area contributed by atoms with Crippen molar-refractivity contribution in [2.45, 2.75) is 38.6 Å². The SMILES string of the molecule is CCOC(=O)CC(=O)C1CCN(C(=O)O)C(Cc2cc(F)cc(F)c2)C1. The highest BCUT2D eigenvalue weighted by Crippen LogP contribution is 2.27. The number of halogens is 2. The van der Waals surface area contributed by atoms with E-state index in [2.05, 4.69) is 0 Å². The number of benzene rings is 1. The minimum Gasteiger partial charge on any atom is -0.466 e. The van der Waals surface area contributed by atoms with Gasteiger partial charge in [-0.2, -0.15) is 0 Å². The Hall–Kier alpha value is -2.51. The summed E-state index contributed by atoms with van der Waals surface area (Å²) in [4.78, 5) is 36.4. The first-order chi connectivity index (χ1) is 12.3. The molecule has 2 unspecified atom stereocenters. The van der Waals surface area contributed by atoms with E-state index in [-0.39, 0.29) is 38.2 Å². The molecular formula is C18H21F2NO5. The van der Waals surface area contributed by atoms with Crippen molar-refractivity contribution in [3.8, 4) is 0 Å². The summed E-state index contributed by atoms with van der Waals surface area (Å²) in [6.45, 7) is 1.94. The van der Waals surface area contributed by atoms with Crippen molar-refractivity contribution in [3.05, 3.63) is 35.4 Å². The molecule has 0 aliphatic carbocycles. The van der Waals surface area contributed by atoms with Crippen LogP contribution in [0.15, 0.2) is 18.2 Å². The van der Waals surface area contributed by atoms with Crippen LogP contribution in [0.2, 0.25) is 0 Å². The summed E-state index contributed by atoms with van der Waals surface area (Å²) in [6, 6.07) is 2.43. The number of Topliss-reactive ketones (excluding diaryl/α,β-unsaturated/α-hetero) is 1. The van der Waals surface area contributed by atoms with Gasteiger partial charge in [0.15, 0.2) is 0 Å². The lowest BCUT2D eigenvalue weighted by Gasteiger charge is -2.37. The number of carbonyl (C=O) groups excluding carboxylic acids is 2. The number of ether oxygens (including phenoxy) is 1. The molecular weight excluding hydrogens is 348 g/mol. The zero-order valence-corrected chi connectivity index (χ0v) is 14.4. The number of amides is 1. The highest BCUT2D eigenvalue weighted by atomic mass is 19.1. The Labute approximate surface area is 149 Å². The second-order valence-corrected chi connectivity index (χ2v) is 6.28. The Bertz CT molecular complexity index is 674. The minimum absolute atomic E-state index is 0.0875. The molecule has 0 aromatic heterocycles. The van der Waals surface area contributed by atoms with E-state index in [0.29, 0.717) is 12.0 Å². The van der Waals surface area contributed by atoms with Crippen LogP contribution in [0.4, 0.5) is 13.6 Å². The first kappa shape index (κ1) is 19.8. The highest BCUT2D eigenvalue weighted by molar-refractivity contribution is 5.96. The zero-order chi connectivity index (χ0) is 19.3. The largest absolute Gasteiger partial charge is 0.466 e. The Morgan fingerprint density at radius 1 is 1.23 bits per heavy atom. The Kier molecular flexibility index (Phi) is 6.65. The van der Waals surface area contributed by atoms with E-state index in [9.17, 15) is 28.3 Å². The number of hydrogen-bond donors (Lipinski definition) is 1. The van der Waals surface area contributed by atoms with Gasteiger partial charge in [-0.15, -0.1) is 0 Å². The fraction of sp³-hybridized carbons (Fsp3) is 0.500. The predicted octanol–water partition coefficient (Wildman–Crippen LogP) is 2.79. The zero-order valence-electron chi connectivity index (χ0n) is 14.4. The summed E-state index contributed by atoms with van der Waals surface area (Å²) in [7, 11) is 0. The first-order valence-corrected chi connectivity index (χ1v) is 8.43. The van der Waals surface area contributed by atoms with Gasteiger partial charge in [0, 0.05) is 24.6 Å². The van der Waals surface area contributed by atoms with E-state index in [4.69, 9.17) is 4.74 Å². The van der Waals surface area contributed by atoms with Gasteiger partial charge >= 0.3 is 12.1 Å². The first-order valence-electron chi connectivity index (χ1n) is 8.43. The molecule has 6 nitrogen and oxygen atoms in total. The van der Waals surface area contributed by atoms with Crippen LogP contribution in [0.1, 0.15) is 31.7 Å². The third-order valence-electron chi connectivity index (χ3n) is 4.43. The van der Waals surface area contributed by atoms with E-state index in [0.717, 1.165) is 18.2 Å². The predicted molar refractivity (Wildman–Crippen MR) is 87.6 cm³/mol. The molecule has 142 valence electrons. The van der Waals surface area contributed by atoms with Gasteiger partial charge in [-0.05, 0) is 43.9 Å². The van der Waals surface area contributed by atoms with Crippen LogP contribution < -0.4 is 0 Å². The molecule has 0 spiro atoms. The number of esters is 1. The fourth-order valence-electron chi connectivity index (χ4n) is 3.29. The van der Waals surface area contributed by atoms with Gasteiger partial charge in [-0.25, -0.2) is 13.6 Å². The average Bonchev–Trinajstić information content (AvgIpc) is 2.53. The highest BCUT2D eigenvalue weighted by Gasteiger charge is 2.35. The van der Waals surface area contributed by atoms with Gasteiger partial charge < -0.3 is 14.7 Å². The van der Waals surface area contributed by atoms with Crippen LogP contribution in [0.3, 0.4) is 0 Å². The molecule has 1 aromatic carbocycles. The molecule has 1 fully saturated rings. The van der Waals surface area contributed by atoms with Crippen LogP contribution >= 0.6 is 0 Å². The summed E-state index contributed by atoms with van der Waals surface area (Å²) < 4.78 is 31.5. The number of likely N-dealkylation sites (tertiary alicyclic amines) is 1. The molecule has 2 rings (SSSR count). The van der Waals surface area contributed by atoms with Crippen LogP contribution in [-0.4, -0.2) is 47.0 Å². The molecule has 0 radical (unpaired) electrons. The number of carbonyl (C=O) groups is 3. The number of nitrogens with zero attached hydrogens (tertiary/aromatic N) is 1. The molecule has 0 bridgehead atoms. The van der Waals surface area contributed by atoms with Crippen molar-refractivity contribution >= 4 is 17.8 Å². The van der Waals surface area contributed by atoms with Crippen molar-refractivity contribution < 1.29 is 33.0 Å². The summed E-state index contributed by atoms with van der Waals surface area (Å²) in [5, 5.41) is 9.35. The quantitative estimate of drug-likeness (QED) is 0.616. The van der Waals surface area contributed by atoms with Crippen molar-refractivity contribution in [2.24, 2.45) is 5.92 Å². The topological polar surface area (TPSA) is 83.9 Å². The van der Waals surface area contributed by atoms with E-state index >= 15 is 0 Å². The summed E-state index contributed by atoms with van der Waals surface area (Å²) in [6.07, 6.45) is -0.915. The Balaban J connectivity index is 2.10. The second kappa shape index (κ2) is 8.73. The van der Waals surface area contributed by atoms with Crippen LogP contribution in [-0.2, 0) is 20.7 Å². The normalized spacial score (nSPS) is 19.9. The van der Waals surface area contributed by atoms with E-state index < -0.39 is 35.7 Å². The molecule has 0 saturated carbocycles. The van der Waals surface area contributed by atoms with Crippen molar-refractivity contribution in [1.82, 2.24) is 4.90 Å². The van der Waals surface area contributed by atoms with Gasteiger partial charge in [0.2, 0.25) is 0 Å². The monoisotopic (exact) mass is 369 g/mol. The molecule has 8 heteroatoms. The van der Waals surface area contributed by atoms with Crippen molar-refractivity contribution in [3.63, 3.8) is 0 Å². The maximum absolute atomic E-state index is 13.4. The standard InChI is InChI=1S/C18H21F2NO5/c1-2-26-17(23)10-16(22)12-3-4-21(18(24)25)15(8-12)7-11-5-13(19)9-14(20)6-11/h5-6,9,12,15H,2-4,7-8,10H2,1H3,(H,24,25). The Morgan fingerprint density at radius 2 is 1.88 bits per heavy atom. The lowest BCUT2D eigenvalue weighted by atomic mass is 9.84. The summed E-state index contributed by atoms with van der Waals surface area (Å²) in [5.41, 5.74) is 0.317. The smallest absolute Gasteiger partial charge is 0.407 e. The molecule has 1 aliphatic heterocycles. The number of rotatable bonds is 6. The maximum Gasteiger partial charge on any atom is 0.407 e. The number of carboxylic acid groups (broad SMARTS) is 1. The molecule has 26 heavy (non-hydrogen) atoms. The lowest BCUT2D eigenvalue weighted by Crippen LogP contribution is -2.48. The number of piperidine rings is 1. The molecule has 1 saturated heterocycles. The fourth-order valence-corrected chi connectivity index (χ4v) is 3.29. The molecule has 1 heterocycles. The third kappa shape index (κ3) is 5.24. The lowest BCUT2D eigenvalue weighted by molar-refractivity contribution is -0.146. The number of hydrogen-bond acceptors (Lipinski definition) is 4. The van der Waals surface area contributed by atoms with Gasteiger partial charge in [0.1, 0.15) is 23.8 Å². The second-order valence-electron chi connectivity index (χ2n) is 6.28. The van der Waals surface area contributed by atoms with Crippen LogP contribution in [0.25, 0.3) is 0 Å². The Morgan fingerprint density at radius 3 is 2.46 bits per heavy atom. The molecule has 1 aromatic rings. The van der Waals surface area contributed by atoms with Gasteiger partial charge in [-0.1, -0.05) is 0 Å². The van der Waals surface area contributed by atoms with E-state index in [1.807, 2.05) is 0 Å². The molecule has 2 atom stereocenters. The van der Waals surface area contributed by atoms with Crippen molar-refractivity contribution in [2.75, 3.05) is 13.2 Å². The molecule has 1 aliphatic rings. The maximum atomic E-state index is 13.4. The van der Waals surface area contributed by atoms with Gasteiger partial charge in [-0.3, -0.25) is 9.59 Å². The summed E-state index contributed by atoms with van der Waals surface area (Å²) in [5.74, 6) is -2.88. The number of ketones is 1. The van der Waals surface area contributed by atoms with Gasteiger partial charge in [0.05, 0.1) is 6.61 Å². The molecule has 1 amide bonds. The third-order valence-corrected chi connectivity index (χ3v) is 4.43. The van der Waals surface area contributed by atoms with Crippen molar-refractivity contribution in [1.29, 1.82) is 0 Å². The van der Waals surface area contributed by atoms with E-state index in [1.165, 1.54) is 4.90 Å². The van der Waals surface area contributed by atoms with Crippen LogP contribution in [0, 0.1) is 17.6 Å². The minimum atomic E-state index is -1.15. The van der Waals surface area contributed by atoms with Crippen LogP contribution in [0.5, 0.6) is 0 Å². The molecule has 1 N–H and O–H groups in total.